The van der Waals surface area contributed by atoms with Crippen LogP contribution in [-0.4, -0.2) is 73.1 Å². The monoisotopic (exact) mass is 622 g/mol. The average molecular weight is 623 g/mol. The van der Waals surface area contributed by atoms with Crippen LogP contribution in [0.15, 0.2) is 55.1 Å². The molecule has 0 radical (unpaired) electrons. The summed E-state index contributed by atoms with van der Waals surface area (Å²) < 4.78 is 31.0. The third-order valence-corrected chi connectivity index (χ3v) is 8.26. The summed E-state index contributed by atoms with van der Waals surface area (Å²) >= 11 is 0. The van der Waals surface area contributed by atoms with Gasteiger partial charge >= 0.3 is 0 Å². The van der Waals surface area contributed by atoms with Gasteiger partial charge in [-0.2, -0.15) is 5.10 Å². The van der Waals surface area contributed by atoms with Crippen LogP contribution in [-0.2, 0) is 4.79 Å². The SMILES string of the molecule is CN(C)CCNc1cc(F)cc(-c2nccc3[nH]c(-c4[nH]nc5ncc(-c6cncc(NC(=O)C7CCCC7)c6)c(F)c45)nc23)c1. The topological polar surface area (TPSA) is 140 Å². The molecule has 6 aromatic rings. The third kappa shape index (κ3) is 5.76. The molecule has 0 saturated heterocycles. The molecule has 0 unspecified atom stereocenters. The number of carbonyl (C=O) groups is 1. The van der Waals surface area contributed by atoms with Gasteiger partial charge in [0, 0.05) is 60.0 Å². The minimum Gasteiger partial charge on any atom is -0.384 e. The Morgan fingerprint density at radius 1 is 1.02 bits per heavy atom. The number of rotatable bonds is 9. The highest BCUT2D eigenvalue weighted by atomic mass is 19.1. The number of aromatic amines is 2. The molecule has 5 aromatic heterocycles. The average Bonchev–Trinajstić information content (AvgIpc) is 3.81. The van der Waals surface area contributed by atoms with E-state index in [4.69, 9.17) is 4.98 Å². The van der Waals surface area contributed by atoms with E-state index in [9.17, 15) is 9.18 Å². The summed E-state index contributed by atoms with van der Waals surface area (Å²) in [5.74, 6) is -0.708. The molecule has 0 atom stereocenters. The van der Waals surface area contributed by atoms with Gasteiger partial charge in [-0.05, 0) is 57.3 Å². The number of pyridine rings is 3. The molecule has 1 aliphatic rings. The number of halogens is 2. The molecule has 13 heteroatoms. The van der Waals surface area contributed by atoms with Crippen LogP contribution in [0.1, 0.15) is 25.7 Å². The lowest BCUT2D eigenvalue weighted by molar-refractivity contribution is -0.119. The maximum absolute atomic E-state index is 16.3. The highest BCUT2D eigenvalue weighted by Crippen LogP contribution is 2.35. The molecule has 1 aromatic carbocycles. The first-order valence-electron chi connectivity index (χ1n) is 15.2. The number of nitrogens with one attached hydrogen (secondary N) is 4. The van der Waals surface area contributed by atoms with Crippen LogP contribution < -0.4 is 10.6 Å². The molecule has 1 saturated carbocycles. The number of amides is 1. The van der Waals surface area contributed by atoms with Gasteiger partial charge in [0.25, 0.3) is 0 Å². The Hall–Kier alpha value is -5.30. The fourth-order valence-corrected chi connectivity index (χ4v) is 5.93. The maximum Gasteiger partial charge on any atom is 0.227 e. The van der Waals surface area contributed by atoms with Gasteiger partial charge in [0.05, 0.1) is 28.5 Å². The number of likely N-dealkylation sites (N-methyl/N-ethyl adjacent to an activating group) is 1. The molecule has 1 fully saturated rings. The second-order valence-corrected chi connectivity index (χ2v) is 11.8. The molecular formula is C33H32F2N10O. The van der Waals surface area contributed by atoms with Crippen molar-refractivity contribution in [2.75, 3.05) is 37.8 Å². The van der Waals surface area contributed by atoms with Gasteiger partial charge in [-0.3, -0.25) is 19.9 Å². The van der Waals surface area contributed by atoms with E-state index < -0.39 is 11.6 Å². The molecule has 0 spiro atoms. The Bertz CT molecular complexity index is 2070. The van der Waals surface area contributed by atoms with E-state index in [1.165, 1.54) is 24.5 Å². The minimum atomic E-state index is -0.563. The fourth-order valence-electron chi connectivity index (χ4n) is 5.93. The molecule has 11 nitrogen and oxygen atoms in total. The largest absolute Gasteiger partial charge is 0.384 e. The van der Waals surface area contributed by atoms with Crippen LogP contribution >= 0.6 is 0 Å². The van der Waals surface area contributed by atoms with Crippen LogP contribution in [0.25, 0.3) is 56.0 Å². The summed E-state index contributed by atoms with van der Waals surface area (Å²) in [6.45, 7) is 1.43. The number of fused-ring (bicyclic) bond motifs is 2. The molecule has 4 N–H and O–H groups in total. The second kappa shape index (κ2) is 12.2. The molecule has 1 amide bonds. The smallest absolute Gasteiger partial charge is 0.227 e. The Morgan fingerprint density at radius 3 is 2.67 bits per heavy atom. The predicted molar refractivity (Wildman–Crippen MR) is 173 cm³/mol. The van der Waals surface area contributed by atoms with Crippen molar-refractivity contribution in [3.05, 3.63) is 66.8 Å². The van der Waals surface area contributed by atoms with Crippen molar-refractivity contribution in [2.24, 2.45) is 5.92 Å². The van der Waals surface area contributed by atoms with Crippen molar-refractivity contribution >= 4 is 39.3 Å². The van der Waals surface area contributed by atoms with E-state index in [0.717, 1.165) is 32.2 Å². The van der Waals surface area contributed by atoms with E-state index in [-0.39, 0.29) is 28.4 Å². The van der Waals surface area contributed by atoms with Crippen molar-refractivity contribution in [1.82, 2.24) is 40.0 Å². The van der Waals surface area contributed by atoms with E-state index in [2.05, 4.69) is 40.8 Å². The quantitative estimate of drug-likeness (QED) is 0.154. The Balaban J connectivity index is 1.23. The Kier molecular flexibility index (Phi) is 7.83. The number of H-pyrrole nitrogens is 2. The molecule has 234 valence electrons. The van der Waals surface area contributed by atoms with Crippen molar-refractivity contribution in [3.8, 4) is 33.9 Å². The number of imidazole rings is 1. The van der Waals surface area contributed by atoms with Gasteiger partial charge in [-0.25, -0.2) is 18.7 Å². The molecule has 1 aliphatic carbocycles. The van der Waals surface area contributed by atoms with Gasteiger partial charge in [0.1, 0.15) is 22.8 Å². The maximum atomic E-state index is 16.3. The van der Waals surface area contributed by atoms with Crippen LogP contribution in [0.4, 0.5) is 20.2 Å². The molecule has 5 heterocycles. The number of carbonyl (C=O) groups excluding carboxylic acids is 1. The van der Waals surface area contributed by atoms with Crippen LogP contribution in [0, 0.1) is 17.6 Å². The van der Waals surface area contributed by atoms with E-state index in [1.54, 1.807) is 24.5 Å². The summed E-state index contributed by atoms with van der Waals surface area (Å²) in [4.78, 5) is 35.9. The van der Waals surface area contributed by atoms with Crippen molar-refractivity contribution in [3.63, 3.8) is 0 Å². The van der Waals surface area contributed by atoms with Crippen molar-refractivity contribution < 1.29 is 13.6 Å². The molecule has 0 bridgehead atoms. The minimum absolute atomic E-state index is 0.0147. The lowest BCUT2D eigenvalue weighted by atomic mass is 10.1. The van der Waals surface area contributed by atoms with Crippen molar-refractivity contribution in [1.29, 1.82) is 0 Å². The second-order valence-electron chi connectivity index (χ2n) is 11.8. The molecule has 0 aliphatic heterocycles. The first kappa shape index (κ1) is 29.4. The third-order valence-electron chi connectivity index (χ3n) is 8.26. The number of nitrogens with zero attached hydrogens (tertiary/aromatic N) is 6. The van der Waals surface area contributed by atoms with E-state index in [1.807, 2.05) is 25.1 Å². The Labute approximate surface area is 262 Å². The van der Waals surface area contributed by atoms with E-state index >= 15 is 4.39 Å². The van der Waals surface area contributed by atoms with Gasteiger partial charge in [0.2, 0.25) is 5.91 Å². The van der Waals surface area contributed by atoms with Crippen LogP contribution in [0.3, 0.4) is 0 Å². The summed E-state index contributed by atoms with van der Waals surface area (Å²) in [7, 11) is 3.94. The van der Waals surface area contributed by atoms with Gasteiger partial charge in [-0.1, -0.05) is 12.8 Å². The lowest BCUT2D eigenvalue weighted by Gasteiger charge is -2.12. The number of aromatic nitrogens is 7. The molecule has 46 heavy (non-hydrogen) atoms. The number of hydrogen-bond donors (Lipinski definition) is 4. The number of benzene rings is 1. The van der Waals surface area contributed by atoms with Crippen molar-refractivity contribution in [2.45, 2.75) is 25.7 Å². The van der Waals surface area contributed by atoms with Crippen LogP contribution in [0.5, 0.6) is 0 Å². The van der Waals surface area contributed by atoms with Gasteiger partial charge in [0.15, 0.2) is 11.5 Å². The summed E-state index contributed by atoms with van der Waals surface area (Å²) in [5, 5.41) is 13.4. The summed E-state index contributed by atoms with van der Waals surface area (Å²) in [6.07, 6.45) is 9.91. The summed E-state index contributed by atoms with van der Waals surface area (Å²) in [5.41, 5.74) is 4.40. The van der Waals surface area contributed by atoms with Crippen LogP contribution in [0.2, 0.25) is 0 Å². The van der Waals surface area contributed by atoms with Gasteiger partial charge in [-0.15, -0.1) is 0 Å². The predicted octanol–water partition coefficient (Wildman–Crippen LogP) is 6.01. The number of anilines is 2. The molecule has 7 rings (SSSR count). The lowest BCUT2D eigenvalue weighted by Crippen LogP contribution is -2.20. The highest BCUT2D eigenvalue weighted by Gasteiger charge is 2.24. The zero-order chi connectivity index (χ0) is 31.8. The standard InChI is InChI=1S/C33H32F2N10O/c1-45(2)10-9-37-22-12-19(11-21(34)14-22)28-29-25(7-8-38-28)41-32(42-29)30-26-27(35)24(17-39-31(26)44-43-30)20-13-23(16-36-15-20)40-33(46)18-5-3-4-6-18/h7-8,11-18,37H,3-6,9-10H2,1-2H3,(H,40,46)(H,41,42)(H,39,43,44). The fraction of sp³-hybridized carbons (Fsp3) is 0.273. The van der Waals surface area contributed by atoms with Gasteiger partial charge < -0.3 is 20.5 Å². The zero-order valence-corrected chi connectivity index (χ0v) is 25.4. The first-order chi connectivity index (χ1) is 22.3. The first-order valence-corrected chi connectivity index (χ1v) is 15.2. The van der Waals surface area contributed by atoms with E-state index in [0.29, 0.717) is 57.3 Å². The normalized spacial score (nSPS) is 13.7. The summed E-state index contributed by atoms with van der Waals surface area (Å²) in [6, 6.07) is 8.11. The zero-order valence-electron chi connectivity index (χ0n) is 25.4. The highest BCUT2D eigenvalue weighted by molar-refractivity contribution is 5.97. The molecular weight excluding hydrogens is 590 g/mol. The number of hydrogen-bond acceptors (Lipinski definition) is 8. The Morgan fingerprint density at radius 2 is 1.85 bits per heavy atom.